The minimum absolute atomic E-state index is 0.00931. The molecule has 0 aliphatic rings. The lowest BCUT2D eigenvalue weighted by molar-refractivity contribution is 0.274. The molecule has 0 atom stereocenters. The highest BCUT2D eigenvalue weighted by atomic mass is 16.3. The average molecular weight is 180 g/mol. The third-order valence-corrected chi connectivity index (χ3v) is 1.97. The molecular formula is C10H16N2O. The Hall–Kier alpha value is -0.960. The zero-order chi connectivity index (χ0) is 10.1. The van der Waals surface area contributed by atoms with E-state index in [2.05, 4.69) is 30.7 Å². The van der Waals surface area contributed by atoms with Gasteiger partial charge in [0.15, 0.2) is 0 Å². The minimum Gasteiger partial charge on any atom is -0.390 e. The molecule has 1 aromatic heterocycles. The molecule has 0 saturated heterocycles. The van der Waals surface area contributed by atoms with E-state index in [0.29, 0.717) is 5.69 Å². The van der Waals surface area contributed by atoms with Crippen molar-refractivity contribution in [1.29, 1.82) is 0 Å². The number of aliphatic hydroxyl groups is 1. The maximum absolute atomic E-state index is 9.01. The van der Waals surface area contributed by atoms with E-state index in [1.54, 1.807) is 6.20 Å². The summed E-state index contributed by atoms with van der Waals surface area (Å²) in [5.41, 5.74) is 2.38. The number of hydrogen-bond donors (Lipinski definition) is 1. The Labute approximate surface area is 78.9 Å². The lowest BCUT2D eigenvalue weighted by Gasteiger charge is -2.18. The van der Waals surface area contributed by atoms with E-state index >= 15 is 0 Å². The van der Waals surface area contributed by atoms with Gasteiger partial charge in [-0.1, -0.05) is 20.8 Å². The second-order valence-corrected chi connectivity index (χ2v) is 4.20. The second-order valence-electron chi connectivity index (χ2n) is 4.20. The van der Waals surface area contributed by atoms with Crippen molar-refractivity contribution in [3.05, 3.63) is 23.3 Å². The van der Waals surface area contributed by atoms with Crippen LogP contribution in [0.2, 0.25) is 0 Å². The Kier molecular flexibility index (Phi) is 2.66. The van der Waals surface area contributed by atoms with Gasteiger partial charge in [0.2, 0.25) is 0 Å². The van der Waals surface area contributed by atoms with Gasteiger partial charge in [0, 0.05) is 11.6 Å². The lowest BCUT2D eigenvalue weighted by atomic mass is 9.92. The molecule has 0 spiro atoms. The van der Waals surface area contributed by atoms with Crippen LogP contribution >= 0.6 is 0 Å². The van der Waals surface area contributed by atoms with Gasteiger partial charge in [-0.2, -0.15) is 0 Å². The predicted molar refractivity (Wildman–Crippen MR) is 51.4 cm³/mol. The van der Waals surface area contributed by atoms with Crippen molar-refractivity contribution in [3.63, 3.8) is 0 Å². The Morgan fingerprint density at radius 2 is 2.00 bits per heavy atom. The van der Waals surface area contributed by atoms with Crippen LogP contribution in [0, 0.1) is 6.92 Å². The average Bonchev–Trinajstić information content (AvgIpc) is 2.03. The summed E-state index contributed by atoms with van der Waals surface area (Å²) >= 11 is 0. The highest BCUT2D eigenvalue weighted by Gasteiger charge is 2.16. The standard InChI is InChI=1S/C10H16N2O/c1-7-8(6-13)12-9(5-11-7)10(2,3)4/h5,13H,6H2,1-4H3. The number of aromatic nitrogens is 2. The molecule has 0 amide bonds. The molecule has 0 saturated carbocycles. The van der Waals surface area contributed by atoms with Gasteiger partial charge in [0.05, 0.1) is 23.7 Å². The lowest BCUT2D eigenvalue weighted by Crippen LogP contribution is -2.16. The summed E-state index contributed by atoms with van der Waals surface area (Å²) in [6.07, 6.45) is 1.77. The number of nitrogens with zero attached hydrogens (tertiary/aromatic N) is 2. The Balaban J connectivity index is 3.14. The van der Waals surface area contributed by atoms with Crippen LogP contribution in [0.15, 0.2) is 6.20 Å². The topological polar surface area (TPSA) is 46.0 Å². The first-order valence-corrected chi connectivity index (χ1v) is 4.39. The van der Waals surface area contributed by atoms with Crippen molar-refractivity contribution in [2.75, 3.05) is 0 Å². The predicted octanol–water partition coefficient (Wildman–Crippen LogP) is 1.57. The van der Waals surface area contributed by atoms with Crippen LogP contribution in [0.4, 0.5) is 0 Å². The van der Waals surface area contributed by atoms with E-state index in [0.717, 1.165) is 11.4 Å². The molecule has 1 heterocycles. The normalized spacial score (nSPS) is 11.8. The second kappa shape index (κ2) is 3.42. The third kappa shape index (κ3) is 2.25. The SMILES string of the molecule is Cc1ncc(C(C)(C)C)nc1CO. The number of rotatable bonds is 1. The fourth-order valence-electron chi connectivity index (χ4n) is 0.999. The van der Waals surface area contributed by atoms with Crippen molar-refractivity contribution in [3.8, 4) is 0 Å². The van der Waals surface area contributed by atoms with Crippen molar-refractivity contribution in [1.82, 2.24) is 9.97 Å². The zero-order valence-corrected chi connectivity index (χ0v) is 8.63. The summed E-state index contributed by atoms with van der Waals surface area (Å²) in [6, 6.07) is 0. The van der Waals surface area contributed by atoms with Crippen LogP contribution in [0.25, 0.3) is 0 Å². The van der Waals surface area contributed by atoms with Crippen molar-refractivity contribution in [2.24, 2.45) is 0 Å². The smallest absolute Gasteiger partial charge is 0.0873 e. The molecule has 1 aromatic rings. The van der Waals surface area contributed by atoms with Gasteiger partial charge < -0.3 is 5.11 Å². The van der Waals surface area contributed by atoms with E-state index in [1.165, 1.54) is 0 Å². The van der Waals surface area contributed by atoms with Crippen LogP contribution in [-0.4, -0.2) is 15.1 Å². The van der Waals surface area contributed by atoms with Gasteiger partial charge in [-0.3, -0.25) is 9.97 Å². The maximum Gasteiger partial charge on any atom is 0.0873 e. The van der Waals surface area contributed by atoms with Gasteiger partial charge >= 0.3 is 0 Å². The molecule has 0 aliphatic carbocycles. The van der Waals surface area contributed by atoms with E-state index in [-0.39, 0.29) is 12.0 Å². The molecule has 0 bridgehead atoms. The number of aliphatic hydroxyl groups excluding tert-OH is 1. The first kappa shape index (κ1) is 10.1. The molecule has 13 heavy (non-hydrogen) atoms. The Morgan fingerprint density at radius 3 is 2.46 bits per heavy atom. The molecule has 0 aromatic carbocycles. The number of aryl methyl sites for hydroxylation is 1. The highest BCUT2D eigenvalue weighted by Crippen LogP contribution is 2.19. The quantitative estimate of drug-likeness (QED) is 0.713. The van der Waals surface area contributed by atoms with Crippen LogP contribution in [0.3, 0.4) is 0 Å². The minimum atomic E-state index is -0.0389. The van der Waals surface area contributed by atoms with Gasteiger partial charge in [-0.05, 0) is 6.92 Å². The Morgan fingerprint density at radius 1 is 1.38 bits per heavy atom. The first-order chi connectivity index (χ1) is 5.95. The van der Waals surface area contributed by atoms with Crippen LogP contribution < -0.4 is 0 Å². The van der Waals surface area contributed by atoms with Crippen molar-refractivity contribution in [2.45, 2.75) is 39.7 Å². The van der Waals surface area contributed by atoms with Crippen molar-refractivity contribution >= 4 is 0 Å². The Bertz CT molecular complexity index is 302. The molecule has 3 heteroatoms. The first-order valence-electron chi connectivity index (χ1n) is 4.39. The van der Waals surface area contributed by atoms with E-state index in [4.69, 9.17) is 5.11 Å². The molecule has 0 radical (unpaired) electrons. The summed E-state index contributed by atoms with van der Waals surface area (Å²) < 4.78 is 0. The summed E-state index contributed by atoms with van der Waals surface area (Å²) in [5, 5.41) is 9.01. The van der Waals surface area contributed by atoms with Gasteiger partial charge in [-0.15, -0.1) is 0 Å². The fraction of sp³-hybridized carbons (Fsp3) is 0.600. The molecule has 72 valence electrons. The van der Waals surface area contributed by atoms with Gasteiger partial charge in [0.25, 0.3) is 0 Å². The van der Waals surface area contributed by atoms with Crippen LogP contribution in [-0.2, 0) is 12.0 Å². The summed E-state index contributed by atoms with van der Waals surface area (Å²) in [4.78, 5) is 8.54. The highest BCUT2D eigenvalue weighted by molar-refractivity contribution is 5.16. The summed E-state index contributed by atoms with van der Waals surface area (Å²) in [6.45, 7) is 8.04. The largest absolute Gasteiger partial charge is 0.390 e. The van der Waals surface area contributed by atoms with Crippen LogP contribution in [0.1, 0.15) is 37.9 Å². The molecule has 0 aliphatic heterocycles. The molecule has 0 unspecified atom stereocenters. The third-order valence-electron chi connectivity index (χ3n) is 1.97. The number of hydrogen-bond acceptors (Lipinski definition) is 3. The van der Waals surface area contributed by atoms with Gasteiger partial charge in [0.1, 0.15) is 0 Å². The fourth-order valence-corrected chi connectivity index (χ4v) is 0.999. The molecule has 1 rings (SSSR count). The molecule has 1 N–H and O–H groups in total. The summed E-state index contributed by atoms with van der Waals surface area (Å²) in [5.74, 6) is 0. The molecule has 0 fully saturated rings. The van der Waals surface area contributed by atoms with E-state index < -0.39 is 0 Å². The summed E-state index contributed by atoms with van der Waals surface area (Å²) in [7, 11) is 0. The van der Waals surface area contributed by atoms with Crippen LogP contribution in [0.5, 0.6) is 0 Å². The van der Waals surface area contributed by atoms with Crippen molar-refractivity contribution < 1.29 is 5.11 Å². The monoisotopic (exact) mass is 180 g/mol. The zero-order valence-electron chi connectivity index (χ0n) is 8.63. The molecular weight excluding hydrogens is 164 g/mol. The van der Waals surface area contributed by atoms with E-state index in [1.807, 2.05) is 6.92 Å². The molecule has 3 nitrogen and oxygen atoms in total. The van der Waals surface area contributed by atoms with E-state index in [9.17, 15) is 0 Å². The maximum atomic E-state index is 9.01. The van der Waals surface area contributed by atoms with Gasteiger partial charge in [-0.25, -0.2) is 0 Å².